The molecule has 1 atom stereocenters. The number of rotatable bonds is 0. The zero-order chi connectivity index (χ0) is 11.1. The molecule has 0 radical (unpaired) electrons. The van der Waals surface area contributed by atoms with Crippen molar-refractivity contribution in [1.29, 1.82) is 0 Å². The van der Waals surface area contributed by atoms with Crippen molar-refractivity contribution in [3.63, 3.8) is 0 Å². The number of carbonyl (C=O) groups is 1. The molecule has 1 amide bonds. The Kier molecular flexibility index (Phi) is 2.17. The molecule has 1 aromatic rings. The van der Waals surface area contributed by atoms with Crippen LogP contribution in [0, 0.1) is 0 Å². The van der Waals surface area contributed by atoms with Crippen LogP contribution in [0.15, 0.2) is 24.3 Å². The summed E-state index contributed by atoms with van der Waals surface area (Å²) in [7, 11) is 0. The zero-order valence-corrected chi connectivity index (χ0v) is 9.59. The van der Waals surface area contributed by atoms with Gasteiger partial charge in [-0.15, -0.1) is 0 Å². The highest BCUT2D eigenvalue weighted by Gasteiger charge is 2.35. The molecule has 82 valence electrons. The van der Waals surface area contributed by atoms with Crippen LogP contribution in [0.3, 0.4) is 0 Å². The molecule has 0 aromatic heterocycles. The number of carbonyl (C=O) groups excluding carboxylic acids is 1. The highest BCUT2D eigenvalue weighted by molar-refractivity contribution is 7.80. The Balaban J connectivity index is 2.11. The van der Waals surface area contributed by atoms with Crippen LogP contribution < -0.4 is 5.32 Å². The van der Waals surface area contributed by atoms with Crippen molar-refractivity contribution in [3.05, 3.63) is 29.8 Å². The van der Waals surface area contributed by atoms with Gasteiger partial charge in [0.1, 0.15) is 4.99 Å². The second kappa shape index (κ2) is 3.56. The summed E-state index contributed by atoms with van der Waals surface area (Å²) in [6.45, 7) is 0.819. The van der Waals surface area contributed by atoms with Crippen LogP contribution >= 0.6 is 12.2 Å². The number of nitrogens with one attached hydrogen (secondary N) is 1. The Morgan fingerprint density at radius 1 is 1.38 bits per heavy atom. The van der Waals surface area contributed by atoms with Crippen molar-refractivity contribution >= 4 is 28.8 Å². The number of amides is 1. The van der Waals surface area contributed by atoms with Gasteiger partial charge in [-0.1, -0.05) is 24.4 Å². The van der Waals surface area contributed by atoms with Crippen LogP contribution in [0.1, 0.15) is 23.2 Å². The molecule has 2 aliphatic rings. The Hall–Kier alpha value is -1.42. The van der Waals surface area contributed by atoms with E-state index in [2.05, 4.69) is 5.32 Å². The van der Waals surface area contributed by atoms with Crippen molar-refractivity contribution < 1.29 is 4.79 Å². The van der Waals surface area contributed by atoms with Crippen LogP contribution in [-0.4, -0.2) is 28.4 Å². The van der Waals surface area contributed by atoms with Gasteiger partial charge in [0.05, 0.1) is 17.3 Å². The summed E-state index contributed by atoms with van der Waals surface area (Å²) in [6.07, 6.45) is 2.02. The minimum Gasteiger partial charge on any atom is -0.348 e. The van der Waals surface area contributed by atoms with Crippen molar-refractivity contribution in [3.8, 4) is 0 Å². The van der Waals surface area contributed by atoms with Gasteiger partial charge < -0.3 is 10.2 Å². The first kappa shape index (κ1) is 9.78. The van der Waals surface area contributed by atoms with E-state index in [0.29, 0.717) is 0 Å². The Labute approximate surface area is 99.4 Å². The third-order valence-corrected chi connectivity index (χ3v) is 3.61. The molecule has 1 N–H and O–H groups in total. The summed E-state index contributed by atoms with van der Waals surface area (Å²) in [5, 5.41) is 3.19. The molecule has 0 unspecified atom stereocenters. The Bertz CT molecular complexity index is 472. The van der Waals surface area contributed by atoms with Crippen molar-refractivity contribution in [2.24, 2.45) is 0 Å². The molecule has 16 heavy (non-hydrogen) atoms. The van der Waals surface area contributed by atoms with E-state index >= 15 is 0 Å². The number of thiocarbonyl (C=S) groups is 1. The molecule has 0 spiro atoms. The molecular formula is C12H12N2OS. The number of fused-ring (bicyclic) bond motifs is 2. The molecular weight excluding hydrogens is 220 g/mol. The first-order valence-corrected chi connectivity index (χ1v) is 5.89. The lowest BCUT2D eigenvalue weighted by Gasteiger charge is -2.21. The van der Waals surface area contributed by atoms with Crippen LogP contribution in [0.25, 0.3) is 0 Å². The fourth-order valence-electron chi connectivity index (χ4n) is 2.43. The predicted molar refractivity (Wildman–Crippen MR) is 66.7 cm³/mol. The summed E-state index contributed by atoms with van der Waals surface area (Å²) in [6, 6.07) is 7.65. The van der Waals surface area contributed by atoms with Gasteiger partial charge in [0.15, 0.2) is 0 Å². The highest BCUT2D eigenvalue weighted by Crippen LogP contribution is 2.28. The number of hydrogen-bond acceptors (Lipinski definition) is 2. The molecule has 2 heterocycles. The van der Waals surface area contributed by atoms with E-state index in [1.807, 2.05) is 29.2 Å². The van der Waals surface area contributed by atoms with E-state index in [4.69, 9.17) is 12.2 Å². The molecule has 3 rings (SSSR count). The number of para-hydroxylation sites is 1. The third kappa shape index (κ3) is 1.33. The lowest BCUT2D eigenvalue weighted by molar-refractivity contribution is 0.0774. The monoisotopic (exact) mass is 232 g/mol. The fourth-order valence-corrected chi connectivity index (χ4v) is 2.79. The van der Waals surface area contributed by atoms with E-state index in [0.717, 1.165) is 35.6 Å². The summed E-state index contributed by atoms with van der Waals surface area (Å²) in [4.78, 5) is 15.0. The lowest BCUT2D eigenvalue weighted by atomic mass is 10.1. The predicted octanol–water partition coefficient (Wildman–Crippen LogP) is 2.04. The molecule has 1 aromatic carbocycles. The molecule has 1 saturated heterocycles. The molecule has 0 saturated carbocycles. The second-order valence-corrected chi connectivity index (χ2v) is 4.63. The fraction of sp³-hybridized carbons (Fsp3) is 0.333. The minimum atomic E-state index is 0.0925. The Morgan fingerprint density at radius 2 is 2.19 bits per heavy atom. The van der Waals surface area contributed by atoms with Gasteiger partial charge in [-0.2, -0.15) is 0 Å². The number of anilines is 1. The first-order valence-electron chi connectivity index (χ1n) is 5.48. The average molecular weight is 232 g/mol. The third-order valence-electron chi connectivity index (χ3n) is 3.23. The topological polar surface area (TPSA) is 32.3 Å². The minimum absolute atomic E-state index is 0.0925. The smallest absolute Gasteiger partial charge is 0.256 e. The van der Waals surface area contributed by atoms with E-state index in [1.165, 1.54) is 0 Å². The van der Waals surface area contributed by atoms with Crippen LogP contribution in [0.2, 0.25) is 0 Å². The van der Waals surface area contributed by atoms with Gasteiger partial charge >= 0.3 is 0 Å². The maximum absolute atomic E-state index is 12.3. The molecule has 0 aliphatic carbocycles. The van der Waals surface area contributed by atoms with Crippen molar-refractivity contribution in [1.82, 2.24) is 4.90 Å². The van der Waals surface area contributed by atoms with Gasteiger partial charge in [0.2, 0.25) is 0 Å². The average Bonchev–Trinajstić information content (AvgIpc) is 2.74. The lowest BCUT2D eigenvalue weighted by Crippen LogP contribution is -2.39. The van der Waals surface area contributed by atoms with Gasteiger partial charge in [0, 0.05) is 6.54 Å². The van der Waals surface area contributed by atoms with E-state index in [-0.39, 0.29) is 11.9 Å². The zero-order valence-electron chi connectivity index (χ0n) is 8.77. The second-order valence-electron chi connectivity index (χ2n) is 4.19. The maximum Gasteiger partial charge on any atom is 0.256 e. The maximum atomic E-state index is 12.3. The highest BCUT2D eigenvalue weighted by atomic mass is 32.1. The van der Waals surface area contributed by atoms with Crippen LogP contribution in [0.5, 0.6) is 0 Å². The summed E-state index contributed by atoms with van der Waals surface area (Å²) >= 11 is 5.35. The molecule has 4 heteroatoms. The molecule has 1 fully saturated rings. The molecule has 3 nitrogen and oxygen atoms in total. The quantitative estimate of drug-likeness (QED) is 0.695. The van der Waals surface area contributed by atoms with Gasteiger partial charge in [-0.05, 0) is 25.0 Å². The van der Waals surface area contributed by atoms with E-state index in [1.54, 1.807) is 0 Å². The van der Waals surface area contributed by atoms with Crippen LogP contribution in [0.4, 0.5) is 5.69 Å². The normalized spacial score (nSPS) is 23.5. The Morgan fingerprint density at radius 3 is 3.06 bits per heavy atom. The van der Waals surface area contributed by atoms with Crippen LogP contribution in [-0.2, 0) is 0 Å². The number of nitrogens with zero attached hydrogens (tertiary/aromatic N) is 1. The van der Waals surface area contributed by atoms with Gasteiger partial charge in [-0.3, -0.25) is 4.79 Å². The van der Waals surface area contributed by atoms with Gasteiger partial charge in [0.25, 0.3) is 5.91 Å². The summed E-state index contributed by atoms with van der Waals surface area (Å²) in [5.74, 6) is 0.102. The first-order chi connectivity index (χ1) is 7.77. The summed E-state index contributed by atoms with van der Waals surface area (Å²) < 4.78 is 0. The SMILES string of the molecule is O=C1c2ccccc2NC(=S)[C@@H]2CCCN12. The molecule has 0 bridgehead atoms. The van der Waals surface area contributed by atoms with E-state index < -0.39 is 0 Å². The number of hydrogen-bond donors (Lipinski definition) is 1. The van der Waals surface area contributed by atoms with E-state index in [9.17, 15) is 4.79 Å². The largest absolute Gasteiger partial charge is 0.348 e. The van der Waals surface area contributed by atoms with Gasteiger partial charge in [-0.25, -0.2) is 0 Å². The molecule has 2 aliphatic heterocycles. The number of benzene rings is 1. The van der Waals surface area contributed by atoms with Crippen molar-refractivity contribution in [2.45, 2.75) is 18.9 Å². The standard InChI is InChI=1S/C12H12N2OS/c15-12-8-4-1-2-5-9(8)13-11(16)10-6-3-7-14(10)12/h1-2,4-5,10H,3,6-7H2,(H,13,16)/t10-/m0/s1. The summed E-state index contributed by atoms with van der Waals surface area (Å²) in [5.41, 5.74) is 1.57. The van der Waals surface area contributed by atoms with Crippen molar-refractivity contribution in [2.75, 3.05) is 11.9 Å².